The van der Waals surface area contributed by atoms with Gasteiger partial charge in [0.1, 0.15) is 12.1 Å². The smallest absolute Gasteiger partial charge is 0.326 e. The second kappa shape index (κ2) is 14.9. The first kappa shape index (κ1) is 25.9. The fourth-order valence-corrected chi connectivity index (χ4v) is 3.00. The molecule has 0 aromatic carbocycles. The summed E-state index contributed by atoms with van der Waals surface area (Å²) in [6.45, 7) is -0.383. The lowest BCUT2D eigenvalue weighted by atomic mass is 10.2. The molecule has 0 saturated heterocycles. The van der Waals surface area contributed by atoms with Gasteiger partial charge in [0, 0.05) is 5.75 Å². The Hall–Kier alpha value is -1.11. The third kappa shape index (κ3) is 11.4. The van der Waals surface area contributed by atoms with Crippen LogP contribution < -0.4 is 21.7 Å². The SMILES string of the molecule is CSCCC(NC(=O)CNC(=O)C(CCSC)NC(=O)C(N)CS)C(=O)O. The fraction of sp³-hybridized carbons (Fsp3) is 0.733. The summed E-state index contributed by atoms with van der Waals surface area (Å²) >= 11 is 6.93. The van der Waals surface area contributed by atoms with Gasteiger partial charge in [-0.2, -0.15) is 36.2 Å². The molecule has 0 aliphatic rings. The molecule has 0 radical (unpaired) electrons. The van der Waals surface area contributed by atoms with E-state index in [0.29, 0.717) is 17.9 Å². The van der Waals surface area contributed by atoms with Crippen LogP contribution in [0.1, 0.15) is 12.8 Å². The number of carboxylic acid groups (broad SMARTS) is 1. The summed E-state index contributed by atoms with van der Waals surface area (Å²) in [5, 5.41) is 16.4. The van der Waals surface area contributed by atoms with Gasteiger partial charge in [-0.25, -0.2) is 4.79 Å². The average Bonchev–Trinajstić information content (AvgIpc) is 2.65. The molecule has 3 unspecified atom stereocenters. The first-order valence-corrected chi connectivity index (χ1v) is 11.6. The summed E-state index contributed by atoms with van der Waals surface area (Å²) < 4.78 is 0. The highest BCUT2D eigenvalue weighted by Crippen LogP contribution is 2.03. The molecule has 9 nitrogen and oxygen atoms in total. The first-order chi connectivity index (χ1) is 12.8. The van der Waals surface area contributed by atoms with Crippen LogP contribution >= 0.6 is 36.2 Å². The minimum atomic E-state index is -1.13. The third-order valence-electron chi connectivity index (χ3n) is 3.44. The highest BCUT2D eigenvalue weighted by molar-refractivity contribution is 7.98. The molecule has 0 aromatic rings. The van der Waals surface area contributed by atoms with Gasteiger partial charge in [0.2, 0.25) is 17.7 Å². The van der Waals surface area contributed by atoms with Gasteiger partial charge >= 0.3 is 5.97 Å². The average molecular weight is 441 g/mol. The van der Waals surface area contributed by atoms with E-state index < -0.39 is 41.8 Å². The minimum absolute atomic E-state index is 0.137. The zero-order valence-electron chi connectivity index (χ0n) is 15.4. The van der Waals surface area contributed by atoms with E-state index in [2.05, 4.69) is 28.6 Å². The Morgan fingerprint density at radius 3 is 2.04 bits per heavy atom. The van der Waals surface area contributed by atoms with E-state index in [1.807, 2.05) is 12.5 Å². The topological polar surface area (TPSA) is 151 Å². The predicted octanol–water partition coefficient (Wildman–Crippen LogP) is -1.08. The summed E-state index contributed by atoms with van der Waals surface area (Å²) in [5.41, 5.74) is 5.59. The van der Waals surface area contributed by atoms with Crippen molar-refractivity contribution in [1.82, 2.24) is 16.0 Å². The van der Waals surface area contributed by atoms with Crippen molar-refractivity contribution in [1.29, 1.82) is 0 Å². The van der Waals surface area contributed by atoms with Crippen LogP contribution in [0.2, 0.25) is 0 Å². The van der Waals surface area contributed by atoms with E-state index in [4.69, 9.17) is 10.8 Å². The van der Waals surface area contributed by atoms with Crippen molar-refractivity contribution in [2.45, 2.75) is 31.0 Å². The number of thiol groups is 1. The number of nitrogens with one attached hydrogen (secondary N) is 3. The van der Waals surface area contributed by atoms with Gasteiger partial charge in [-0.3, -0.25) is 14.4 Å². The molecule has 6 N–H and O–H groups in total. The van der Waals surface area contributed by atoms with Crippen molar-refractivity contribution in [3.8, 4) is 0 Å². The summed E-state index contributed by atoms with van der Waals surface area (Å²) in [6, 6.07) is -2.69. The number of thioether (sulfide) groups is 2. The van der Waals surface area contributed by atoms with Crippen molar-refractivity contribution < 1.29 is 24.3 Å². The number of carbonyl (C=O) groups is 4. The Bertz CT molecular complexity index is 510. The van der Waals surface area contributed by atoms with Crippen LogP contribution in [0.15, 0.2) is 0 Å². The van der Waals surface area contributed by atoms with Crippen molar-refractivity contribution in [3.63, 3.8) is 0 Å². The predicted molar refractivity (Wildman–Crippen MR) is 112 cm³/mol. The number of aliphatic carboxylic acids is 1. The van der Waals surface area contributed by atoms with Crippen LogP contribution in [0.4, 0.5) is 0 Å². The normalized spacial score (nSPS) is 13.9. The van der Waals surface area contributed by atoms with Crippen molar-refractivity contribution >= 4 is 59.8 Å². The Morgan fingerprint density at radius 1 is 1.00 bits per heavy atom. The molecule has 0 heterocycles. The van der Waals surface area contributed by atoms with E-state index in [-0.39, 0.29) is 18.7 Å². The lowest BCUT2D eigenvalue weighted by molar-refractivity contribution is -0.141. The first-order valence-electron chi connectivity index (χ1n) is 8.21. The quantitative estimate of drug-likeness (QED) is 0.187. The van der Waals surface area contributed by atoms with Crippen LogP contribution in [-0.2, 0) is 19.2 Å². The minimum Gasteiger partial charge on any atom is -0.480 e. The molecule has 0 aliphatic carbocycles. The molecule has 0 aromatic heterocycles. The second-order valence-corrected chi connectivity index (χ2v) is 7.93. The van der Waals surface area contributed by atoms with Crippen LogP contribution in [0.25, 0.3) is 0 Å². The summed E-state index contributed by atoms with van der Waals surface area (Å²) in [4.78, 5) is 47.3. The Balaban J connectivity index is 4.65. The molecule has 27 heavy (non-hydrogen) atoms. The molecule has 0 bridgehead atoms. The van der Waals surface area contributed by atoms with E-state index in [9.17, 15) is 19.2 Å². The summed E-state index contributed by atoms with van der Waals surface area (Å²) in [5.74, 6) is -1.44. The van der Waals surface area contributed by atoms with E-state index in [1.165, 1.54) is 23.5 Å². The van der Waals surface area contributed by atoms with Crippen LogP contribution in [0, 0.1) is 0 Å². The molecular weight excluding hydrogens is 412 g/mol. The number of amides is 3. The van der Waals surface area contributed by atoms with Gasteiger partial charge < -0.3 is 26.8 Å². The molecule has 0 saturated carbocycles. The summed E-state index contributed by atoms with van der Waals surface area (Å²) in [7, 11) is 0. The Kier molecular flexibility index (Phi) is 14.3. The molecule has 0 aliphatic heterocycles. The van der Waals surface area contributed by atoms with Crippen molar-refractivity contribution in [3.05, 3.63) is 0 Å². The molecule has 156 valence electrons. The maximum Gasteiger partial charge on any atom is 0.326 e. The maximum absolute atomic E-state index is 12.3. The second-order valence-electron chi connectivity index (χ2n) is 5.59. The molecular formula is C15H28N4O5S3. The maximum atomic E-state index is 12.3. The molecule has 0 spiro atoms. The highest BCUT2D eigenvalue weighted by atomic mass is 32.2. The Morgan fingerprint density at radius 2 is 1.56 bits per heavy atom. The molecule has 12 heteroatoms. The Labute approximate surface area is 173 Å². The number of carboxylic acids is 1. The van der Waals surface area contributed by atoms with Gasteiger partial charge in [-0.1, -0.05) is 0 Å². The molecule has 0 fully saturated rings. The number of rotatable bonds is 14. The number of hydrogen-bond donors (Lipinski definition) is 6. The standard InChI is InChI=1S/C15H28N4O5S3/c1-26-5-3-10(19-13(21)9(16)8-25)14(22)17-7-12(20)18-11(15(23)24)4-6-27-2/h9-11,25H,3-8,16H2,1-2H3,(H,17,22)(H,18,20)(H,19,21)(H,23,24). The van der Waals surface area contributed by atoms with Gasteiger partial charge in [-0.15, -0.1) is 0 Å². The van der Waals surface area contributed by atoms with Crippen LogP contribution in [0.3, 0.4) is 0 Å². The number of carbonyl (C=O) groups excluding carboxylic acids is 3. The monoisotopic (exact) mass is 440 g/mol. The molecule has 0 rings (SSSR count). The highest BCUT2D eigenvalue weighted by Gasteiger charge is 2.24. The van der Waals surface area contributed by atoms with Gasteiger partial charge in [0.15, 0.2) is 0 Å². The summed E-state index contributed by atoms with van der Waals surface area (Å²) in [6.07, 6.45) is 4.35. The largest absolute Gasteiger partial charge is 0.480 e. The van der Waals surface area contributed by atoms with Gasteiger partial charge in [0.05, 0.1) is 12.6 Å². The van der Waals surface area contributed by atoms with Crippen molar-refractivity contribution in [2.24, 2.45) is 5.73 Å². The van der Waals surface area contributed by atoms with E-state index >= 15 is 0 Å². The van der Waals surface area contributed by atoms with Gasteiger partial charge in [0.25, 0.3) is 0 Å². The third-order valence-corrected chi connectivity index (χ3v) is 5.13. The van der Waals surface area contributed by atoms with Gasteiger partial charge in [-0.05, 0) is 36.9 Å². The lowest BCUT2D eigenvalue weighted by Gasteiger charge is -2.20. The number of nitrogens with two attached hydrogens (primary N) is 1. The zero-order valence-corrected chi connectivity index (χ0v) is 17.9. The van der Waals surface area contributed by atoms with Crippen LogP contribution in [-0.4, -0.2) is 83.2 Å². The lowest BCUT2D eigenvalue weighted by Crippen LogP contribution is -2.54. The zero-order chi connectivity index (χ0) is 20.8. The van der Waals surface area contributed by atoms with Crippen LogP contribution in [0.5, 0.6) is 0 Å². The van der Waals surface area contributed by atoms with Crippen molar-refractivity contribution in [2.75, 3.05) is 36.3 Å². The van der Waals surface area contributed by atoms with E-state index in [1.54, 1.807) is 0 Å². The molecule has 3 amide bonds. The molecule has 3 atom stereocenters. The fourth-order valence-electron chi connectivity index (χ4n) is 1.90. The number of hydrogen-bond acceptors (Lipinski definition) is 8. The van der Waals surface area contributed by atoms with E-state index in [0.717, 1.165) is 0 Å².